The lowest BCUT2D eigenvalue weighted by Crippen LogP contribution is -2.08. The molecule has 1 aliphatic heterocycles. The van der Waals surface area contributed by atoms with E-state index in [1.54, 1.807) is 0 Å². The summed E-state index contributed by atoms with van der Waals surface area (Å²) in [5.41, 5.74) is 2.79. The second-order valence-electron chi connectivity index (χ2n) is 5.06. The first-order valence-electron chi connectivity index (χ1n) is 6.58. The van der Waals surface area contributed by atoms with E-state index in [0.717, 1.165) is 25.3 Å². The minimum Gasteiger partial charge on any atom is -0.338 e. The second kappa shape index (κ2) is 4.94. The topological polar surface area (TPSA) is 29.9 Å². The molecular formula is C15H19N3. The van der Waals surface area contributed by atoms with Gasteiger partial charge in [0.15, 0.2) is 0 Å². The van der Waals surface area contributed by atoms with Crippen LogP contribution in [0.15, 0.2) is 36.7 Å². The molecule has 0 bridgehead atoms. The Morgan fingerprint density at radius 1 is 1.33 bits per heavy atom. The molecule has 3 nitrogen and oxygen atoms in total. The molecule has 94 valence electrons. The molecule has 1 atom stereocenters. The monoisotopic (exact) mass is 241 g/mol. The van der Waals surface area contributed by atoms with Gasteiger partial charge in [-0.05, 0) is 30.0 Å². The van der Waals surface area contributed by atoms with E-state index in [9.17, 15) is 0 Å². The summed E-state index contributed by atoms with van der Waals surface area (Å²) in [5.74, 6) is 1.82. The van der Waals surface area contributed by atoms with Gasteiger partial charge in [0.25, 0.3) is 0 Å². The van der Waals surface area contributed by atoms with Gasteiger partial charge in [-0.1, -0.05) is 24.3 Å². The van der Waals surface area contributed by atoms with Crippen molar-refractivity contribution in [3.63, 3.8) is 0 Å². The van der Waals surface area contributed by atoms with Crippen LogP contribution in [0.25, 0.3) is 0 Å². The van der Waals surface area contributed by atoms with E-state index in [-0.39, 0.29) is 0 Å². The molecular weight excluding hydrogens is 222 g/mol. The average Bonchev–Trinajstić information content (AvgIpc) is 3.03. The van der Waals surface area contributed by atoms with E-state index in [1.165, 1.54) is 17.5 Å². The Labute approximate surface area is 108 Å². The molecule has 18 heavy (non-hydrogen) atoms. The van der Waals surface area contributed by atoms with Crippen molar-refractivity contribution < 1.29 is 0 Å². The molecule has 1 aromatic carbocycles. The number of aryl methyl sites for hydroxylation is 1. The molecule has 1 N–H and O–H groups in total. The molecule has 0 radical (unpaired) electrons. The Kier molecular flexibility index (Phi) is 3.15. The summed E-state index contributed by atoms with van der Waals surface area (Å²) in [6, 6.07) is 9.02. The Hall–Kier alpha value is -1.61. The Balaban J connectivity index is 1.73. The molecule has 1 fully saturated rings. The number of benzene rings is 1. The fourth-order valence-electron chi connectivity index (χ4n) is 2.60. The second-order valence-corrected chi connectivity index (χ2v) is 5.06. The summed E-state index contributed by atoms with van der Waals surface area (Å²) in [7, 11) is 2.04. The average molecular weight is 241 g/mol. The number of imidazole rings is 1. The van der Waals surface area contributed by atoms with Crippen LogP contribution in [0.1, 0.15) is 29.3 Å². The smallest absolute Gasteiger partial charge is 0.112 e. The molecule has 1 aromatic heterocycles. The fraction of sp³-hybridized carbons (Fsp3) is 0.400. The van der Waals surface area contributed by atoms with Crippen molar-refractivity contribution in [2.75, 3.05) is 13.1 Å². The largest absolute Gasteiger partial charge is 0.338 e. The predicted octanol–water partition coefficient (Wildman–Crippen LogP) is 2.09. The SMILES string of the molecule is Cn1ccnc1Cc1ccc(C2CCNC2)cc1. The summed E-state index contributed by atoms with van der Waals surface area (Å²) < 4.78 is 2.08. The van der Waals surface area contributed by atoms with Crippen LogP contribution in [-0.2, 0) is 13.5 Å². The minimum atomic E-state index is 0.701. The first kappa shape index (κ1) is 11.5. The molecule has 1 saturated heterocycles. The molecule has 3 heteroatoms. The maximum Gasteiger partial charge on any atom is 0.112 e. The van der Waals surface area contributed by atoms with Crippen LogP contribution >= 0.6 is 0 Å². The molecule has 0 amide bonds. The minimum absolute atomic E-state index is 0.701. The van der Waals surface area contributed by atoms with E-state index in [2.05, 4.69) is 39.1 Å². The first-order chi connectivity index (χ1) is 8.83. The third-order valence-corrected chi connectivity index (χ3v) is 3.79. The molecule has 0 spiro atoms. The normalized spacial score (nSPS) is 19.3. The number of aromatic nitrogens is 2. The van der Waals surface area contributed by atoms with Gasteiger partial charge < -0.3 is 9.88 Å². The van der Waals surface area contributed by atoms with Crippen LogP contribution in [0.5, 0.6) is 0 Å². The van der Waals surface area contributed by atoms with Crippen molar-refractivity contribution in [2.24, 2.45) is 7.05 Å². The van der Waals surface area contributed by atoms with E-state index < -0.39 is 0 Å². The van der Waals surface area contributed by atoms with Crippen molar-refractivity contribution in [3.8, 4) is 0 Å². The van der Waals surface area contributed by atoms with Gasteiger partial charge in [0.1, 0.15) is 5.82 Å². The summed E-state index contributed by atoms with van der Waals surface area (Å²) >= 11 is 0. The molecule has 3 rings (SSSR count). The van der Waals surface area contributed by atoms with E-state index >= 15 is 0 Å². The van der Waals surface area contributed by atoms with Crippen LogP contribution in [0, 0.1) is 0 Å². The van der Waals surface area contributed by atoms with Crippen LogP contribution in [0.4, 0.5) is 0 Å². The molecule has 1 aliphatic rings. The van der Waals surface area contributed by atoms with Crippen molar-refractivity contribution in [1.82, 2.24) is 14.9 Å². The Bertz CT molecular complexity index is 507. The van der Waals surface area contributed by atoms with Crippen molar-refractivity contribution in [2.45, 2.75) is 18.8 Å². The lowest BCUT2D eigenvalue weighted by molar-refractivity contribution is 0.762. The summed E-state index contributed by atoms with van der Waals surface area (Å²) in [6.45, 7) is 2.28. The lowest BCUT2D eigenvalue weighted by Gasteiger charge is -2.09. The van der Waals surface area contributed by atoms with Crippen molar-refractivity contribution in [1.29, 1.82) is 0 Å². The van der Waals surface area contributed by atoms with Gasteiger partial charge in [-0.15, -0.1) is 0 Å². The molecule has 2 aromatic rings. The molecule has 0 aliphatic carbocycles. The van der Waals surface area contributed by atoms with Gasteiger partial charge >= 0.3 is 0 Å². The van der Waals surface area contributed by atoms with Crippen molar-refractivity contribution >= 4 is 0 Å². The number of nitrogens with one attached hydrogen (secondary N) is 1. The standard InChI is InChI=1S/C15H19N3/c1-18-9-8-17-15(18)10-12-2-4-13(5-3-12)14-6-7-16-11-14/h2-5,8-9,14,16H,6-7,10-11H2,1H3. The van der Waals surface area contributed by atoms with Crippen LogP contribution in [-0.4, -0.2) is 22.6 Å². The van der Waals surface area contributed by atoms with Crippen LogP contribution in [0.2, 0.25) is 0 Å². The van der Waals surface area contributed by atoms with Gasteiger partial charge in [-0.2, -0.15) is 0 Å². The molecule has 2 heterocycles. The van der Waals surface area contributed by atoms with Gasteiger partial charge in [0, 0.05) is 32.4 Å². The number of nitrogens with zero attached hydrogens (tertiary/aromatic N) is 2. The quantitative estimate of drug-likeness (QED) is 0.891. The van der Waals surface area contributed by atoms with E-state index in [0.29, 0.717) is 5.92 Å². The van der Waals surface area contributed by atoms with Crippen LogP contribution < -0.4 is 5.32 Å². The zero-order valence-electron chi connectivity index (χ0n) is 10.8. The van der Waals surface area contributed by atoms with Gasteiger partial charge in [0.2, 0.25) is 0 Å². The fourth-order valence-corrected chi connectivity index (χ4v) is 2.60. The van der Waals surface area contributed by atoms with Gasteiger partial charge in [0.05, 0.1) is 0 Å². The Morgan fingerprint density at radius 3 is 2.78 bits per heavy atom. The zero-order valence-corrected chi connectivity index (χ0v) is 10.8. The molecule has 0 saturated carbocycles. The Morgan fingerprint density at radius 2 is 2.17 bits per heavy atom. The third kappa shape index (κ3) is 2.31. The van der Waals surface area contributed by atoms with E-state index in [1.807, 2.05) is 19.4 Å². The van der Waals surface area contributed by atoms with Gasteiger partial charge in [-0.25, -0.2) is 4.98 Å². The summed E-state index contributed by atoms with van der Waals surface area (Å²) in [6.07, 6.45) is 6.02. The van der Waals surface area contributed by atoms with Crippen molar-refractivity contribution in [3.05, 3.63) is 53.6 Å². The highest BCUT2D eigenvalue weighted by molar-refractivity contribution is 5.28. The number of hydrogen-bond donors (Lipinski definition) is 1. The number of rotatable bonds is 3. The maximum atomic E-state index is 4.36. The van der Waals surface area contributed by atoms with Crippen LogP contribution in [0.3, 0.4) is 0 Å². The highest BCUT2D eigenvalue weighted by Gasteiger charge is 2.16. The number of hydrogen-bond acceptors (Lipinski definition) is 2. The maximum absolute atomic E-state index is 4.36. The zero-order chi connectivity index (χ0) is 12.4. The highest BCUT2D eigenvalue weighted by Crippen LogP contribution is 2.22. The highest BCUT2D eigenvalue weighted by atomic mass is 15.0. The summed E-state index contributed by atoms with van der Waals surface area (Å²) in [4.78, 5) is 4.36. The first-order valence-corrected chi connectivity index (χ1v) is 6.58. The third-order valence-electron chi connectivity index (χ3n) is 3.79. The summed E-state index contributed by atoms with van der Waals surface area (Å²) in [5, 5.41) is 3.42. The van der Waals surface area contributed by atoms with Gasteiger partial charge in [-0.3, -0.25) is 0 Å². The lowest BCUT2D eigenvalue weighted by atomic mass is 9.97. The molecule has 1 unspecified atom stereocenters. The van der Waals surface area contributed by atoms with E-state index in [4.69, 9.17) is 0 Å². The predicted molar refractivity (Wildman–Crippen MR) is 72.7 cm³/mol.